The predicted octanol–water partition coefficient (Wildman–Crippen LogP) is 3.67. The molecule has 0 radical (unpaired) electrons. The Morgan fingerprint density at radius 1 is 1.04 bits per heavy atom. The molecule has 0 aliphatic carbocycles. The molecule has 0 saturated heterocycles. The van der Waals surface area contributed by atoms with Crippen LogP contribution < -0.4 is 20.1 Å². The van der Waals surface area contributed by atoms with Crippen LogP contribution in [0.3, 0.4) is 0 Å². The van der Waals surface area contributed by atoms with E-state index >= 15 is 0 Å². The lowest BCUT2D eigenvalue weighted by molar-refractivity contribution is 0.311. The topological polar surface area (TPSA) is 54.9 Å². The largest absolute Gasteiger partial charge is 0.493 e. The van der Waals surface area contributed by atoms with E-state index in [-0.39, 0.29) is 0 Å². The maximum Gasteiger partial charge on any atom is 0.196 e. The maximum atomic E-state index is 5.54. The number of hydrogen-bond acceptors (Lipinski definition) is 3. The van der Waals surface area contributed by atoms with Gasteiger partial charge in [-0.15, -0.1) is 0 Å². The van der Waals surface area contributed by atoms with Crippen LogP contribution in [0.4, 0.5) is 5.69 Å². The Balaban J connectivity index is 2.12. The summed E-state index contributed by atoms with van der Waals surface area (Å²) >= 11 is 0. The van der Waals surface area contributed by atoms with Crippen LogP contribution in [0.2, 0.25) is 0 Å². The number of nitrogens with zero attached hydrogens (tertiary/aromatic N) is 1. The lowest BCUT2D eigenvalue weighted by Gasteiger charge is -2.14. The van der Waals surface area contributed by atoms with Crippen molar-refractivity contribution < 1.29 is 9.47 Å². The molecular weight excluding hydrogens is 302 g/mol. The molecule has 0 bridgehead atoms. The molecule has 2 aromatic rings. The second kappa shape index (κ2) is 9.45. The summed E-state index contributed by atoms with van der Waals surface area (Å²) in [6, 6.07) is 15.9. The molecule has 2 rings (SSSR count). The summed E-state index contributed by atoms with van der Waals surface area (Å²) in [6.45, 7) is 5.99. The van der Waals surface area contributed by atoms with Gasteiger partial charge in [-0.25, -0.2) is 4.99 Å². The number of ether oxygens (including phenoxy) is 2. The van der Waals surface area contributed by atoms with Gasteiger partial charge in [0, 0.05) is 18.3 Å². The highest BCUT2D eigenvalue weighted by Crippen LogP contribution is 2.30. The average Bonchev–Trinajstić information content (AvgIpc) is 2.62. The van der Waals surface area contributed by atoms with Crippen LogP contribution in [0, 0.1) is 0 Å². The summed E-state index contributed by atoms with van der Waals surface area (Å²) in [4.78, 5) is 4.62. The molecule has 0 amide bonds. The Hall–Kier alpha value is -2.69. The number of guanidine groups is 1. The zero-order chi connectivity index (χ0) is 17.2. The Morgan fingerprint density at radius 3 is 2.50 bits per heavy atom. The first-order valence-corrected chi connectivity index (χ1v) is 8.17. The van der Waals surface area contributed by atoms with Gasteiger partial charge in [-0.3, -0.25) is 0 Å². The number of nitrogens with one attached hydrogen (secondary N) is 2. The third-order valence-electron chi connectivity index (χ3n) is 3.33. The Labute approximate surface area is 143 Å². The Kier molecular flexibility index (Phi) is 6.95. The van der Waals surface area contributed by atoms with Crippen LogP contribution in [0.15, 0.2) is 53.5 Å². The molecule has 0 heterocycles. The highest BCUT2D eigenvalue weighted by molar-refractivity contribution is 5.93. The summed E-state index contributed by atoms with van der Waals surface area (Å²) in [5.74, 6) is 2.16. The van der Waals surface area contributed by atoms with Crippen LogP contribution in [-0.4, -0.2) is 26.2 Å². The molecule has 0 aliphatic rings. The smallest absolute Gasteiger partial charge is 0.196 e. The molecule has 0 fully saturated rings. The first-order chi connectivity index (χ1) is 11.8. The minimum absolute atomic E-state index is 0.601. The zero-order valence-corrected chi connectivity index (χ0v) is 14.5. The molecule has 128 valence electrons. The van der Waals surface area contributed by atoms with Crippen molar-refractivity contribution in [3.63, 3.8) is 0 Å². The summed E-state index contributed by atoms with van der Waals surface area (Å²) in [5.41, 5.74) is 2.06. The first-order valence-electron chi connectivity index (χ1n) is 8.17. The molecule has 2 N–H and O–H groups in total. The van der Waals surface area contributed by atoms with E-state index in [1.165, 1.54) is 5.56 Å². The molecule has 0 aliphatic heterocycles. The molecule has 5 nitrogen and oxygen atoms in total. The quantitative estimate of drug-likeness (QED) is 0.602. The Morgan fingerprint density at radius 2 is 1.83 bits per heavy atom. The normalized spacial score (nSPS) is 11.0. The second-order valence-electron chi connectivity index (χ2n) is 5.10. The van der Waals surface area contributed by atoms with Gasteiger partial charge in [0.2, 0.25) is 0 Å². The van der Waals surface area contributed by atoms with Crippen LogP contribution >= 0.6 is 0 Å². The van der Waals surface area contributed by atoms with Gasteiger partial charge in [-0.2, -0.15) is 0 Å². The average molecular weight is 327 g/mol. The molecule has 0 atom stereocenters. The molecule has 5 heteroatoms. The van der Waals surface area contributed by atoms with Crippen molar-refractivity contribution in [3.8, 4) is 11.5 Å². The van der Waals surface area contributed by atoms with E-state index in [9.17, 15) is 0 Å². The fourth-order valence-electron chi connectivity index (χ4n) is 2.22. The van der Waals surface area contributed by atoms with E-state index in [2.05, 4.69) is 27.8 Å². The minimum Gasteiger partial charge on any atom is -0.493 e. The zero-order valence-electron chi connectivity index (χ0n) is 14.5. The van der Waals surface area contributed by atoms with E-state index in [1.807, 2.05) is 50.2 Å². The minimum atomic E-state index is 0.601. The van der Waals surface area contributed by atoms with Crippen molar-refractivity contribution in [1.82, 2.24) is 5.32 Å². The first kappa shape index (κ1) is 17.7. The Bertz CT molecular complexity index is 657. The van der Waals surface area contributed by atoms with Crippen molar-refractivity contribution in [2.24, 2.45) is 4.99 Å². The van der Waals surface area contributed by atoms with E-state index in [4.69, 9.17) is 9.47 Å². The third-order valence-corrected chi connectivity index (χ3v) is 3.33. The highest BCUT2D eigenvalue weighted by Gasteiger charge is 2.06. The van der Waals surface area contributed by atoms with Gasteiger partial charge < -0.3 is 20.1 Å². The molecule has 0 saturated carbocycles. The van der Waals surface area contributed by atoms with Crippen LogP contribution in [0.25, 0.3) is 0 Å². The van der Waals surface area contributed by atoms with Crippen LogP contribution in [0.5, 0.6) is 11.5 Å². The van der Waals surface area contributed by atoms with Gasteiger partial charge in [0.15, 0.2) is 17.5 Å². The van der Waals surface area contributed by atoms with Gasteiger partial charge in [0.05, 0.1) is 20.3 Å². The number of hydrogen-bond donors (Lipinski definition) is 2. The number of benzene rings is 2. The van der Waals surface area contributed by atoms with Gasteiger partial charge in [0.1, 0.15) is 0 Å². The number of aliphatic imine (C=N–C) groups is 1. The van der Waals surface area contributed by atoms with Gasteiger partial charge in [0.25, 0.3) is 0 Å². The number of rotatable bonds is 7. The number of anilines is 1. The maximum absolute atomic E-state index is 5.54. The lowest BCUT2D eigenvalue weighted by atomic mass is 10.2. The molecule has 0 aromatic heterocycles. The van der Waals surface area contributed by atoms with Gasteiger partial charge in [-0.05, 0) is 31.5 Å². The molecule has 0 unspecified atom stereocenters. The molecular formula is C19H25N3O2. The predicted molar refractivity (Wildman–Crippen MR) is 99.0 cm³/mol. The van der Waals surface area contributed by atoms with E-state index in [0.29, 0.717) is 18.9 Å². The standard InChI is InChI=1S/C19H25N3O2/c1-4-20-19(21-14-15-9-7-6-8-10-15)22-16-11-12-17(24-5-2)18(13-16)23-3/h6-13H,4-5,14H2,1-3H3,(H2,20,21,22). The summed E-state index contributed by atoms with van der Waals surface area (Å²) in [6.07, 6.45) is 0. The lowest BCUT2D eigenvalue weighted by Crippen LogP contribution is -2.30. The molecule has 2 aromatic carbocycles. The van der Waals surface area contributed by atoms with Gasteiger partial charge in [-0.1, -0.05) is 30.3 Å². The number of methoxy groups -OCH3 is 1. The second-order valence-corrected chi connectivity index (χ2v) is 5.10. The van der Waals surface area contributed by atoms with E-state index in [0.717, 1.165) is 23.9 Å². The fraction of sp³-hybridized carbons (Fsp3) is 0.316. The van der Waals surface area contributed by atoms with Crippen LogP contribution in [0.1, 0.15) is 19.4 Å². The van der Waals surface area contributed by atoms with Crippen LogP contribution in [-0.2, 0) is 6.54 Å². The van der Waals surface area contributed by atoms with Crippen molar-refractivity contribution >= 4 is 11.6 Å². The fourth-order valence-corrected chi connectivity index (χ4v) is 2.22. The van der Waals surface area contributed by atoms with E-state index < -0.39 is 0 Å². The monoisotopic (exact) mass is 327 g/mol. The summed E-state index contributed by atoms with van der Waals surface area (Å²) < 4.78 is 10.9. The van der Waals surface area contributed by atoms with E-state index in [1.54, 1.807) is 7.11 Å². The summed E-state index contributed by atoms with van der Waals surface area (Å²) in [7, 11) is 1.64. The summed E-state index contributed by atoms with van der Waals surface area (Å²) in [5, 5.41) is 6.54. The van der Waals surface area contributed by atoms with Crippen molar-refractivity contribution in [2.45, 2.75) is 20.4 Å². The highest BCUT2D eigenvalue weighted by atomic mass is 16.5. The van der Waals surface area contributed by atoms with Crippen molar-refractivity contribution in [3.05, 3.63) is 54.1 Å². The molecule has 0 spiro atoms. The van der Waals surface area contributed by atoms with Crippen molar-refractivity contribution in [2.75, 3.05) is 25.6 Å². The SMILES string of the molecule is CCNC(=NCc1ccccc1)Nc1ccc(OCC)c(OC)c1. The van der Waals surface area contributed by atoms with Crippen molar-refractivity contribution in [1.29, 1.82) is 0 Å². The molecule has 24 heavy (non-hydrogen) atoms. The third kappa shape index (κ3) is 5.19. The van der Waals surface area contributed by atoms with Gasteiger partial charge >= 0.3 is 0 Å².